The van der Waals surface area contributed by atoms with Gasteiger partial charge in [-0.05, 0) is 36.3 Å². The first-order valence-corrected chi connectivity index (χ1v) is 8.32. The van der Waals surface area contributed by atoms with Crippen LogP contribution in [-0.2, 0) is 16.1 Å². The van der Waals surface area contributed by atoms with E-state index in [4.69, 9.17) is 14.2 Å². The minimum absolute atomic E-state index is 0.115. The number of fused-ring (bicyclic) bond motifs is 1. The summed E-state index contributed by atoms with van der Waals surface area (Å²) < 4.78 is 16.7. The molecule has 0 N–H and O–H groups in total. The highest BCUT2D eigenvalue weighted by Crippen LogP contribution is 2.37. The maximum Gasteiger partial charge on any atom is 0.351 e. The third-order valence-electron chi connectivity index (χ3n) is 4.30. The van der Waals surface area contributed by atoms with E-state index in [9.17, 15) is 4.79 Å². The van der Waals surface area contributed by atoms with Crippen molar-refractivity contribution < 1.29 is 19.0 Å². The summed E-state index contributed by atoms with van der Waals surface area (Å²) in [6, 6.07) is 14.0. The Kier molecular flexibility index (Phi) is 5.08. The Labute approximate surface area is 148 Å². The van der Waals surface area contributed by atoms with E-state index in [0.717, 1.165) is 22.4 Å². The molecular formula is C21H22O4. The Morgan fingerprint density at radius 3 is 2.64 bits per heavy atom. The monoisotopic (exact) mass is 338 g/mol. The normalized spacial score (nSPS) is 18.7. The number of aryl methyl sites for hydroxylation is 1. The second-order valence-electron chi connectivity index (χ2n) is 6.16. The minimum Gasteiger partial charge on any atom is -0.489 e. The van der Waals surface area contributed by atoms with E-state index >= 15 is 0 Å². The molecule has 4 heteroatoms. The van der Waals surface area contributed by atoms with Gasteiger partial charge in [0, 0.05) is 11.5 Å². The van der Waals surface area contributed by atoms with E-state index in [2.05, 4.69) is 6.92 Å². The molecule has 130 valence electrons. The molecule has 0 amide bonds. The van der Waals surface area contributed by atoms with E-state index < -0.39 is 12.1 Å². The van der Waals surface area contributed by atoms with Crippen molar-refractivity contribution in [2.45, 2.75) is 32.5 Å². The van der Waals surface area contributed by atoms with Gasteiger partial charge in [0.05, 0.1) is 7.11 Å². The van der Waals surface area contributed by atoms with E-state index in [0.29, 0.717) is 12.4 Å². The van der Waals surface area contributed by atoms with Crippen LogP contribution >= 0.6 is 0 Å². The van der Waals surface area contributed by atoms with Crippen LogP contribution in [0.5, 0.6) is 11.5 Å². The second kappa shape index (κ2) is 7.43. The number of ether oxygens (including phenoxy) is 3. The quantitative estimate of drug-likeness (QED) is 0.620. The number of hydrogen-bond acceptors (Lipinski definition) is 4. The molecule has 0 aromatic heterocycles. The maximum absolute atomic E-state index is 11.8. The number of carbonyl (C=O) groups excluding carboxylic acids is 1. The summed E-state index contributed by atoms with van der Waals surface area (Å²) in [4.78, 5) is 11.8. The van der Waals surface area contributed by atoms with E-state index in [1.54, 1.807) is 6.08 Å². The highest BCUT2D eigenvalue weighted by atomic mass is 16.6. The average molecular weight is 338 g/mol. The van der Waals surface area contributed by atoms with Crippen molar-refractivity contribution in [2.24, 2.45) is 0 Å². The molecule has 1 heterocycles. The topological polar surface area (TPSA) is 44.8 Å². The maximum atomic E-state index is 11.8. The van der Waals surface area contributed by atoms with Crippen LogP contribution in [0.3, 0.4) is 0 Å². The lowest BCUT2D eigenvalue weighted by molar-refractivity contribution is -0.146. The molecule has 0 radical (unpaired) electrons. The van der Waals surface area contributed by atoms with Crippen molar-refractivity contribution in [3.63, 3.8) is 0 Å². The molecule has 0 bridgehead atoms. The molecule has 25 heavy (non-hydrogen) atoms. The Morgan fingerprint density at radius 1 is 1.16 bits per heavy atom. The highest BCUT2D eigenvalue weighted by molar-refractivity contribution is 5.77. The molecule has 3 rings (SSSR count). The number of methoxy groups -OCH3 is 1. The fourth-order valence-electron chi connectivity index (χ4n) is 2.82. The summed E-state index contributed by atoms with van der Waals surface area (Å²) in [7, 11) is 1.36. The van der Waals surface area contributed by atoms with Gasteiger partial charge in [0.25, 0.3) is 0 Å². The van der Waals surface area contributed by atoms with Crippen LogP contribution < -0.4 is 9.47 Å². The van der Waals surface area contributed by atoms with Gasteiger partial charge in [-0.1, -0.05) is 43.3 Å². The van der Waals surface area contributed by atoms with Crippen LogP contribution in [0.1, 0.15) is 29.5 Å². The molecule has 0 saturated carbocycles. The van der Waals surface area contributed by atoms with Crippen molar-refractivity contribution in [3.05, 3.63) is 71.3 Å². The molecule has 1 aliphatic rings. The Bertz CT molecular complexity index is 780. The molecule has 1 aliphatic heterocycles. The van der Waals surface area contributed by atoms with Crippen molar-refractivity contribution in [1.82, 2.24) is 0 Å². The number of carbonyl (C=O) groups is 1. The predicted molar refractivity (Wildman–Crippen MR) is 95.9 cm³/mol. The van der Waals surface area contributed by atoms with Gasteiger partial charge < -0.3 is 14.2 Å². The number of rotatable bonds is 4. The summed E-state index contributed by atoms with van der Waals surface area (Å²) in [5.41, 5.74) is 3.08. The van der Waals surface area contributed by atoms with Crippen LogP contribution in [0.25, 0.3) is 0 Å². The SMILES string of the molecule is COC(=O)C1C=CC(C)c2cc(OCc3ccccc3)c(C)cc2O1. The number of esters is 1. The molecular weight excluding hydrogens is 316 g/mol. The van der Waals surface area contributed by atoms with Gasteiger partial charge in [-0.25, -0.2) is 4.79 Å². The summed E-state index contributed by atoms with van der Waals surface area (Å²) in [6.07, 6.45) is 2.99. The van der Waals surface area contributed by atoms with Gasteiger partial charge in [-0.3, -0.25) is 0 Å². The van der Waals surface area contributed by atoms with Gasteiger partial charge >= 0.3 is 5.97 Å². The van der Waals surface area contributed by atoms with Gasteiger partial charge in [0.2, 0.25) is 6.10 Å². The van der Waals surface area contributed by atoms with Crippen molar-refractivity contribution >= 4 is 5.97 Å². The van der Waals surface area contributed by atoms with E-state index in [1.165, 1.54) is 7.11 Å². The fourth-order valence-corrected chi connectivity index (χ4v) is 2.82. The van der Waals surface area contributed by atoms with Gasteiger partial charge in [0.15, 0.2) is 0 Å². The fraction of sp³-hybridized carbons (Fsp3) is 0.286. The molecule has 0 saturated heterocycles. The highest BCUT2D eigenvalue weighted by Gasteiger charge is 2.25. The van der Waals surface area contributed by atoms with Crippen molar-refractivity contribution in [3.8, 4) is 11.5 Å². The zero-order valence-corrected chi connectivity index (χ0v) is 14.7. The molecule has 2 aromatic rings. The standard InChI is InChI=1S/C21H22O4/c1-14-9-10-18(21(22)23-3)25-20-11-15(2)19(12-17(14)20)24-13-16-7-5-4-6-8-16/h4-12,14,18H,13H2,1-3H3. The molecule has 0 aliphatic carbocycles. The Balaban J connectivity index is 1.85. The first kappa shape index (κ1) is 17.1. The summed E-state index contributed by atoms with van der Waals surface area (Å²) >= 11 is 0. The molecule has 2 unspecified atom stereocenters. The first-order chi connectivity index (χ1) is 12.1. The zero-order valence-electron chi connectivity index (χ0n) is 14.7. The third-order valence-corrected chi connectivity index (χ3v) is 4.30. The zero-order chi connectivity index (χ0) is 17.8. The first-order valence-electron chi connectivity index (χ1n) is 8.32. The van der Waals surface area contributed by atoms with Gasteiger partial charge in [-0.15, -0.1) is 0 Å². The predicted octanol–water partition coefficient (Wildman–Crippen LogP) is 4.17. The van der Waals surface area contributed by atoms with Crippen molar-refractivity contribution in [1.29, 1.82) is 0 Å². The number of allylic oxidation sites excluding steroid dienone is 1. The van der Waals surface area contributed by atoms with Crippen LogP contribution in [0.15, 0.2) is 54.6 Å². The lowest BCUT2D eigenvalue weighted by Gasteiger charge is -2.18. The Hall–Kier alpha value is -2.75. The molecule has 2 atom stereocenters. The summed E-state index contributed by atoms with van der Waals surface area (Å²) in [5.74, 6) is 1.23. The molecule has 4 nitrogen and oxygen atoms in total. The minimum atomic E-state index is -0.718. The van der Waals surface area contributed by atoms with Crippen LogP contribution in [0.4, 0.5) is 0 Å². The van der Waals surface area contributed by atoms with Crippen molar-refractivity contribution in [2.75, 3.05) is 7.11 Å². The summed E-state index contributed by atoms with van der Waals surface area (Å²) in [6.45, 7) is 4.55. The van der Waals surface area contributed by atoms with Crippen LogP contribution in [-0.4, -0.2) is 19.2 Å². The third kappa shape index (κ3) is 3.85. The number of hydrogen-bond donors (Lipinski definition) is 0. The Morgan fingerprint density at radius 2 is 1.92 bits per heavy atom. The average Bonchev–Trinajstić information content (AvgIpc) is 2.79. The molecule has 0 fully saturated rings. The lowest BCUT2D eigenvalue weighted by atomic mass is 9.98. The molecule has 2 aromatic carbocycles. The lowest BCUT2D eigenvalue weighted by Crippen LogP contribution is -2.26. The number of benzene rings is 2. The van der Waals surface area contributed by atoms with Gasteiger partial charge in [0.1, 0.15) is 18.1 Å². The summed E-state index contributed by atoms with van der Waals surface area (Å²) in [5, 5.41) is 0. The second-order valence-corrected chi connectivity index (χ2v) is 6.16. The van der Waals surface area contributed by atoms with Crippen LogP contribution in [0, 0.1) is 6.92 Å². The molecule has 0 spiro atoms. The van der Waals surface area contributed by atoms with E-state index in [1.807, 2.05) is 55.5 Å². The smallest absolute Gasteiger partial charge is 0.351 e. The largest absolute Gasteiger partial charge is 0.489 e. The van der Waals surface area contributed by atoms with Crippen LogP contribution in [0.2, 0.25) is 0 Å². The van der Waals surface area contributed by atoms with E-state index in [-0.39, 0.29) is 5.92 Å². The van der Waals surface area contributed by atoms with Gasteiger partial charge in [-0.2, -0.15) is 0 Å².